The highest BCUT2D eigenvalue weighted by molar-refractivity contribution is 5.69. The van der Waals surface area contributed by atoms with Crippen molar-refractivity contribution in [2.45, 2.75) is 25.1 Å². The third-order valence-corrected chi connectivity index (χ3v) is 5.14. The van der Waals surface area contributed by atoms with Crippen LogP contribution in [0.3, 0.4) is 0 Å². The molecule has 1 aromatic carbocycles. The molecule has 3 aromatic rings. The maximum absolute atomic E-state index is 10.9. The Balaban J connectivity index is 1.63. The Hall–Kier alpha value is -2.60. The minimum Gasteiger partial charge on any atom is -0.386 e. The van der Waals surface area contributed by atoms with Crippen molar-refractivity contribution in [3.05, 3.63) is 54.1 Å². The van der Waals surface area contributed by atoms with Gasteiger partial charge in [-0.3, -0.25) is 4.68 Å². The Morgan fingerprint density at radius 2 is 2.13 bits per heavy atom. The molecular weight excluding hydrogens is 290 g/mol. The van der Waals surface area contributed by atoms with Crippen molar-refractivity contribution in [2.75, 3.05) is 5.73 Å². The van der Waals surface area contributed by atoms with E-state index in [-0.39, 0.29) is 12.0 Å². The number of aromatic nitrogens is 4. The minimum atomic E-state index is -0.583. The van der Waals surface area contributed by atoms with Gasteiger partial charge in [0.15, 0.2) is 0 Å². The van der Waals surface area contributed by atoms with Crippen LogP contribution in [0.2, 0.25) is 0 Å². The number of aliphatic hydroxyl groups excluding tert-OH is 1. The summed E-state index contributed by atoms with van der Waals surface area (Å²) in [5, 5.41) is 15.2. The summed E-state index contributed by atoms with van der Waals surface area (Å²) in [5.74, 6) is 0.546. The predicted octanol–water partition coefficient (Wildman–Crippen LogP) is 1.99. The number of fused-ring (bicyclic) bond motifs is 4. The van der Waals surface area contributed by atoms with Crippen LogP contribution in [-0.4, -0.2) is 24.4 Å². The van der Waals surface area contributed by atoms with Crippen molar-refractivity contribution < 1.29 is 5.11 Å². The van der Waals surface area contributed by atoms with Gasteiger partial charge in [-0.15, -0.1) is 0 Å². The smallest absolute Gasteiger partial charge is 0.145 e. The number of nitrogen functional groups attached to an aromatic ring is 1. The predicted molar refractivity (Wildman–Crippen MR) is 85.5 cm³/mol. The third kappa shape index (κ3) is 1.66. The Morgan fingerprint density at radius 1 is 1.26 bits per heavy atom. The number of hydrogen-bond donors (Lipinski definition) is 2. The van der Waals surface area contributed by atoms with Crippen molar-refractivity contribution in [1.29, 1.82) is 0 Å². The van der Waals surface area contributed by atoms with E-state index < -0.39 is 6.10 Å². The monoisotopic (exact) mass is 307 g/mol. The van der Waals surface area contributed by atoms with E-state index >= 15 is 0 Å². The molecule has 2 aliphatic heterocycles. The topological polar surface area (TPSA) is 81.9 Å². The quantitative estimate of drug-likeness (QED) is 0.720. The lowest BCUT2D eigenvalue weighted by Gasteiger charge is -2.34. The second-order valence-corrected chi connectivity index (χ2v) is 6.33. The summed E-state index contributed by atoms with van der Waals surface area (Å²) in [6.07, 6.45) is 4.04. The van der Waals surface area contributed by atoms with Crippen LogP contribution in [0.15, 0.2) is 42.9 Å². The summed E-state index contributed by atoms with van der Waals surface area (Å²) in [7, 11) is 0. The average molecular weight is 307 g/mol. The van der Waals surface area contributed by atoms with Crippen LogP contribution >= 0.6 is 0 Å². The molecule has 0 spiro atoms. The first-order valence-corrected chi connectivity index (χ1v) is 7.86. The highest BCUT2D eigenvalue weighted by atomic mass is 16.3. The molecule has 0 amide bonds. The molecule has 23 heavy (non-hydrogen) atoms. The van der Waals surface area contributed by atoms with Gasteiger partial charge < -0.3 is 15.4 Å². The summed E-state index contributed by atoms with van der Waals surface area (Å²) in [4.78, 5) is 4.30. The first-order chi connectivity index (χ1) is 11.2. The van der Waals surface area contributed by atoms with Crippen LogP contribution in [-0.2, 0) is 6.54 Å². The molecular formula is C17H17N5O. The number of aryl methyl sites for hydroxylation is 1. The zero-order valence-corrected chi connectivity index (χ0v) is 12.5. The highest BCUT2D eigenvalue weighted by Gasteiger charge is 2.41. The van der Waals surface area contributed by atoms with Crippen LogP contribution in [0.5, 0.6) is 0 Å². The van der Waals surface area contributed by atoms with Crippen LogP contribution in [0.25, 0.3) is 11.3 Å². The number of nitrogens with zero attached hydrogens (tertiary/aromatic N) is 4. The van der Waals surface area contributed by atoms with Gasteiger partial charge in [0.25, 0.3) is 0 Å². The lowest BCUT2D eigenvalue weighted by molar-refractivity contribution is 0.0525. The summed E-state index contributed by atoms with van der Waals surface area (Å²) in [6.45, 7) is 0.775. The van der Waals surface area contributed by atoms with Crippen molar-refractivity contribution >= 4 is 5.82 Å². The summed E-state index contributed by atoms with van der Waals surface area (Å²) in [6, 6.07) is 10.3. The van der Waals surface area contributed by atoms with E-state index in [0.29, 0.717) is 5.82 Å². The number of aliphatic hydroxyl groups is 1. The summed E-state index contributed by atoms with van der Waals surface area (Å²) in [5.41, 5.74) is 10.2. The van der Waals surface area contributed by atoms with E-state index in [1.54, 1.807) is 6.07 Å². The van der Waals surface area contributed by atoms with Crippen molar-refractivity contribution in [1.82, 2.24) is 19.3 Å². The molecule has 6 nitrogen and oxygen atoms in total. The van der Waals surface area contributed by atoms with Gasteiger partial charge in [0.2, 0.25) is 0 Å². The molecule has 5 rings (SSSR count). The number of benzene rings is 1. The van der Waals surface area contributed by atoms with Gasteiger partial charge in [-0.1, -0.05) is 24.3 Å². The highest BCUT2D eigenvalue weighted by Crippen LogP contribution is 2.48. The zero-order chi connectivity index (χ0) is 15.6. The summed E-state index contributed by atoms with van der Waals surface area (Å²) < 4.78 is 4.01. The maximum atomic E-state index is 10.9. The normalized spacial score (nSPS) is 25.0. The standard InChI is InChI=1S/C17H17N5O/c18-15-7-13-17(23)12(5-6-22(13)20-15)16-11-4-2-1-3-10(11)14-8-19-9-21(14)16/h1-4,7-9,12,16-17,23H,5-6H2,(H2,18,20)/t12-,16-,17+/m0/s1. The number of hydrogen-bond acceptors (Lipinski definition) is 4. The van der Waals surface area contributed by atoms with Gasteiger partial charge in [0.1, 0.15) is 11.9 Å². The van der Waals surface area contributed by atoms with Gasteiger partial charge >= 0.3 is 0 Å². The number of imidazole rings is 1. The molecule has 2 aromatic heterocycles. The van der Waals surface area contributed by atoms with Gasteiger partial charge in [0, 0.05) is 24.1 Å². The lowest BCUT2D eigenvalue weighted by atomic mass is 9.83. The zero-order valence-electron chi connectivity index (χ0n) is 12.5. The molecule has 2 aliphatic rings. The Bertz CT molecular complexity index is 896. The van der Waals surface area contributed by atoms with Crippen LogP contribution in [0, 0.1) is 5.92 Å². The minimum absolute atomic E-state index is 0.0789. The maximum Gasteiger partial charge on any atom is 0.145 e. The molecule has 3 N–H and O–H groups in total. The van der Waals surface area contributed by atoms with Gasteiger partial charge in [-0.25, -0.2) is 4.98 Å². The molecule has 0 fully saturated rings. The van der Waals surface area contributed by atoms with E-state index in [1.165, 1.54) is 11.1 Å². The van der Waals surface area contributed by atoms with Crippen LogP contribution < -0.4 is 5.73 Å². The molecule has 0 unspecified atom stereocenters. The van der Waals surface area contributed by atoms with Gasteiger partial charge in [-0.05, 0) is 12.0 Å². The molecule has 0 saturated carbocycles. The van der Waals surface area contributed by atoms with Crippen molar-refractivity contribution in [3.63, 3.8) is 0 Å². The van der Waals surface area contributed by atoms with E-state index in [2.05, 4.69) is 32.8 Å². The van der Waals surface area contributed by atoms with Gasteiger partial charge in [0.05, 0.1) is 30.0 Å². The third-order valence-electron chi connectivity index (χ3n) is 5.14. The fraction of sp³-hybridized carbons (Fsp3) is 0.294. The number of rotatable bonds is 1. The Kier molecular flexibility index (Phi) is 2.50. The molecule has 0 aliphatic carbocycles. The number of nitrogens with two attached hydrogens (primary N) is 1. The molecule has 0 bridgehead atoms. The Morgan fingerprint density at radius 3 is 3.04 bits per heavy atom. The second-order valence-electron chi connectivity index (χ2n) is 6.33. The lowest BCUT2D eigenvalue weighted by Crippen LogP contribution is -2.31. The second kappa shape index (κ2) is 4.45. The molecule has 6 heteroatoms. The molecule has 3 atom stereocenters. The fourth-order valence-corrected chi connectivity index (χ4v) is 4.16. The molecule has 0 radical (unpaired) electrons. The van der Waals surface area contributed by atoms with Crippen LogP contribution in [0.4, 0.5) is 5.82 Å². The first kappa shape index (κ1) is 12.9. The molecule has 0 saturated heterocycles. The largest absolute Gasteiger partial charge is 0.386 e. The van der Waals surface area contributed by atoms with Gasteiger partial charge in [-0.2, -0.15) is 5.10 Å². The molecule has 4 heterocycles. The first-order valence-electron chi connectivity index (χ1n) is 7.86. The van der Waals surface area contributed by atoms with Crippen molar-refractivity contribution in [2.24, 2.45) is 5.92 Å². The SMILES string of the molecule is Nc1cc2n(n1)CC[C@@H]([C@@H]1c3ccccc3-c3cncn31)[C@H]2O. The van der Waals surface area contributed by atoms with E-state index in [1.807, 2.05) is 23.3 Å². The summed E-state index contributed by atoms with van der Waals surface area (Å²) >= 11 is 0. The number of anilines is 1. The molecule has 116 valence electrons. The van der Waals surface area contributed by atoms with Crippen molar-refractivity contribution in [3.8, 4) is 11.3 Å². The van der Waals surface area contributed by atoms with Crippen LogP contribution in [0.1, 0.15) is 29.8 Å². The fourth-order valence-electron chi connectivity index (χ4n) is 4.16. The van der Waals surface area contributed by atoms with E-state index in [4.69, 9.17) is 5.73 Å². The van der Waals surface area contributed by atoms with E-state index in [0.717, 1.165) is 24.4 Å². The van der Waals surface area contributed by atoms with E-state index in [9.17, 15) is 5.11 Å². The average Bonchev–Trinajstić information content (AvgIpc) is 3.22. The Labute approximate surface area is 133 Å².